The van der Waals surface area contributed by atoms with Crippen molar-refractivity contribution in [2.75, 3.05) is 70.7 Å². The maximum atomic E-state index is 15.1. The number of aromatic nitrogens is 1. The highest BCUT2D eigenvalue weighted by Gasteiger charge is 2.39. The van der Waals surface area contributed by atoms with Gasteiger partial charge in [0.2, 0.25) is 11.8 Å². The Hall–Kier alpha value is -5.19. The Morgan fingerprint density at radius 2 is 1.54 bits per heavy atom. The zero-order valence-corrected chi connectivity index (χ0v) is 40.1. The lowest BCUT2D eigenvalue weighted by Gasteiger charge is -2.41. The van der Waals surface area contributed by atoms with Crippen molar-refractivity contribution >= 4 is 41.4 Å². The number of unbranched alkanes of at least 4 members (excludes halogenated alkanes) is 2. The van der Waals surface area contributed by atoms with Crippen LogP contribution in [-0.4, -0.2) is 137 Å². The number of aliphatic hydroxyl groups is 1. The number of nitrogens with zero attached hydrogens (tertiary/aromatic N) is 3. The minimum atomic E-state index is -5.08. The molecule has 0 bridgehead atoms. The number of rotatable bonds is 29. The van der Waals surface area contributed by atoms with Crippen LogP contribution in [-0.2, 0) is 40.0 Å². The van der Waals surface area contributed by atoms with Crippen LogP contribution in [0.1, 0.15) is 76.6 Å². The predicted molar refractivity (Wildman–Crippen MR) is 252 cm³/mol. The van der Waals surface area contributed by atoms with E-state index >= 15 is 4.39 Å². The molecule has 0 saturated carbocycles. The van der Waals surface area contributed by atoms with Crippen molar-refractivity contribution in [2.45, 2.75) is 84.3 Å². The van der Waals surface area contributed by atoms with Gasteiger partial charge in [-0.25, -0.2) is 13.6 Å². The summed E-state index contributed by atoms with van der Waals surface area (Å²) >= 11 is 1.44. The van der Waals surface area contributed by atoms with Crippen molar-refractivity contribution < 1.29 is 65.6 Å². The highest BCUT2D eigenvalue weighted by molar-refractivity contribution is 7.99. The van der Waals surface area contributed by atoms with Crippen LogP contribution >= 0.6 is 11.8 Å². The smallest absolute Gasteiger partial charge is 0.475 e. The number of aliphatic carboxylic acids is 1. The van der Waals surface area contributed by atoms with Gasteiger partial charge in [0.25, 0.3) is 11.8 Å². The number of ether oxygens (including phenoxy) is 2. The number of imide groups is 1. The summed E-state index contributed by atoms with van der Waals surface area (Å²) < 4.78 is 74.3. The number of nitrogens with one attached hydrogen (secondary N) is 2. The average molecular weight is 997 g/mol. The molecule has 0 aliphatic carbocycles. The zero-order chi connectivity index (χ0) is 51.0. The molecule has 2 atom stereocenters. The molecule has 0 spiro atoms. The van der Waals surface area contributed by atoms with Gasteiger partial charge in [0.15, 0.2) is 0 Å². The van der Waals surface area contributed by atoms with Gasteiger partial charge in [-0.2, -0.15) is 24.9 Å². The van der Waals surface area contributed by atoms with E-state index < -0.39 is 41.5 Å². The number of amides is 4. The van der Waals surface area contributed by atoms with E-state index in [-0.39, 0.29) is 34.9 Å². The molecule has 1 aliphatic rings. The molecule has 6 N–H and O–H groups in total. The van der Waals surface area contributed by atoms with Gasteiger partial charge in [0, 0.05) is 74.3 Å². The Balaban J connectivity index is 0.00000167. The summed E-state index contributed by atoms with van der Waals surface area (Å²) in [6, 6.07) is 14.7. The number of hydrogen-bond donors (Lipinski definition) is 5. The minimum Gasteiger partial charge on any atom is -0.475 e. The number of carbonyl (C=O) groups excluding carboxylic acids is 4. The quantitative estimate of drug-likeness (QED) is 0.0234. The minimum absolute atomic E-state index is 0.0763. The van der Waals surface area contributed by atoms with E-state index in [9.17, 15) is 41.8 Å². The summed E-state index contributed by atoms with van der Waals surface area (Å²) in [6.45, 7) is 10.1. The molecule has 0 saturated heterocycles. The van der Waals surface area contributed by atoms with Crippen LogP contribution in [0.15, 0.2) is 72.9 Å². The van der Waals surface area contributed by atoms with E-state index in [1.165, 1.54) is 34.9 Å². The second-order valence-electron chi connectivity index (χ2n) is 17.1. The van der Waals surface area contributed by atoms with Gasteiger partial charge in [0.1, 0.15) is 17.9 Å². The lowest BCUT2D eigenvalue weighted by Crippen LogP contribution is -2.44. The zero-order valence-electron chi connectivity index (χ0n) is 39.3. The van der Waals surface area contributed by atoms with Gasteiger partial charge in [-0.3, -0.25) is 29.4 Å². The van der Waals surface area contributed by atoms with E-state index in [0.717, 1.165) is 29.8 Å². The van der Waals surface area contributed by atoms with Crippen LogP contribution in [0, 0.1) is 17.0 Å². The second kappa shape index (κ2) is 29.8. The van der Waals surface area contributed by atoms with Crippen molar-refractivity contribution in [2.24, 2.45) is 11.1 Å². The number of carboxylic acids is 1. The van der Waals surface area contributed by atoms with Gasteiger partial charge >= 0.3 is 12.1 Å². The maximum absolute atomic E-state index is 15.1. The molecular formula is C48H65F5N6O9S. The third-order valence-corrected chi connectivity index (χ3v) is 11.4. The summed E-state index contributed by atoms with van der Waals surface area (Å²) in [4.78, 5) is 61.2. The van der Waals surface area contributed by atoms with Crippen molar-refractivity contribution in [3.63, 3.8) is 0 Å². The number of carbonyl (C=O) groups is 5. The molecule has 2 aromatic carbocycles. The third kappa shape index (κ3) is 21.1. The Morgan fingerprint density at radius 3 is 2.16 bits per heavy atom. The number of carboxylic acid groups (broad SMARTS) is 1. The number of benzene rings is 2. The van der Waals surface area contributed by atoms with Crippen molar-refractivity contribution in [3.8, 4) is 11.1 Å². The molecule has 21 heteroatoms. The van der Waals surface area contributed by atoms with Crippen LogP contribution in [0.25, 0.3) is 11.1 Å². The molecule has 2 heterocycles. The van der Waals surface area contributed by atoms with Crippen molar-refractivity contribution in [3.05, 3.63) is 95.8 Å². The van der Waals surface area contributed by atoms with E-state index in [4.69, 9.17) is 25.1 Å². The highest BCUT2D eigenvalue weighted by Crippen LogP contribution is 2.41. The summed E-state index contributed by atoms with van der Waals surface area (Å²) in [5.41, 5.74) is 8.01. The Bertz CT molecular complexity index is 2100. The molecule has 1 aromatic heterocycles. The molecular weight excluding hydrogens is 932 g/mol. The number of aliphatic hydroxyl groups excluding tert-OH is 1. The Morgan fingerprint density at radius 1 is 0.884 bits per heavy atom. The SMILES string of the molecule is CC(C)(C)[C@H](c1cc(-c2cc(F)ccc2F)cn1Cc1ccccc1)N(CCCN)C(=O)CSCCC(O)NCCOCCOCCNC(=O)CCCCCN1C(=O)C=CC1=O.O=C(O)C(F)(F)F. The fraction of sp³-hybridized carbons (Fsp3) is 0.521. The molecule has 4 rings (SSSR count). The normalized spacial score (nSPS) is 13.6. The largest absolute Gasteiger partial charge is 0.490 e. The molecule has 3 aromatic rings. The summed E-state index contributed by atoms with van der Waals surface area (Å²) in [6.07, 6.45) is 1.92. The molecule has 4 amide bonds. The maximum Gasteiger partial charge on any atom is 0.490 e. The van der Waals surface area contributed by atoms with Crippen LogP contribution < -0.4 is 16.4 Å². The van der Waals surface area contributed by atoms with Gasteiger partial charge in [0.05, 0.1) is 38.2 Å². The van der Waals surface area contributed by atoms with Gasteiger partial charge in [-0.1, -0.05) is 57.5 Å². The summed E-state index contributed by atoms with van der Waals surface area (Å²) in [7, 11) is 0. The first kappa shape index (κ1) is 58.1. The fourth-order valence-corrected chi connectivity index (χ4v) is 8.04. The number of nitrogens with two attached hydrogens (primary N) is 1. The third-order valence-electron chi connectivity index (χ3n) is 10.5. The molecule has 0 fully saturated rings. The number of thioether (sulfide) groups is 1. The highest BCUT2D eigenvalue weighted by atomic mass is 32.2. The number of alkyl halides is 3. The lowest BCUT2D eigenvalue weighted by molar-refractivity contribution is -0.192. The Kier molecular flexibility index (Phi) is 25.1. The van der Waals surface area contributed by atoms with Gasteiger partial charge < -0.3 is 40.2 Å². The van der Waals surface area contributed by atoms with Crippen LogP contribution in [0.5, 0.6) is 0 Å². The first-order valence-corrected chi connectivity index (χ1v) is 23.8. The molecule has 1 aliphatic heterocycles. The van der Waals surface area contributed by atoms with Crippen molar-refractivity contribution in [1.82, 2.24) is 25.0 Å². The molecule has 1 unspecified atom stereocenters. The lowest BCUT2D eigenvalue weighted by atomic mass is 9.83. The summed E-state index contributed by atoms with van der Waals surface area (Å²) in [5, 5.41) is 23.5. The van der Waals surface area contributed by atoms with Crippen molar-refractivity contribution in [1.29, 1.82) is 0 Å². The predicted octanol–water partition coefficient (Wildman–Crippen LogP) is 6.05. The van der Waals surface area contributed by atoms with E-state index in [0.29, 0.717) is 109 Å². The Labute approximate surface area is 403 Å². The van der Waals surface area contributed by atoms with E-state index in [1.807, 2.05) is 52.1 Å². The second-order valence-corrected chi connectivity index (χ2v) is 18.2. The monoisotopic (exact) mass is 996 g/mol. The number of halogens is 5. The van der Waals surface area contributed by atoms with Crippen LogP contribution in [0.2, 0.25) is 0 Å². The fourth-order valence-electron chi connectivity index (χ4n) is 7.17. The first-order valence-electron chi connectivity index (χ1n) is 22.7. The molecule has 382 valence electrons. The topological polar surface area (TPSA) is 206 Å². The first-order chi connectivity index (χ1) is 32.7. The van der Waals surface area contributed by atoms with Gasteiger partial charge in [-0.15, -0.1) is 0 Å². The summed E-state index contributed by atoms with van der Waals surface area (Å²) in [5.74, 6) is -3.84. The van der Waals surface area contributed by atoms with Crippen LogP contribution in [0.4, 0.5) is 22.0 Å². The molecule has 15 nitrogen and oxygen atoms in total. The average Bonchev–Trinajstić information content (AvgIpc) is 3.84. The molecule has 69 heavy (non-hydrogen) atoms. The van der Waals surface area contributed by atoms with Crippen LogP contribution in [0.3, 0.4) is 0 Å². The van der Waals surface area contributed by atoms with E-state index in [1.54, 1.807) is 0 Å². The number of hydrogen-bond acceptors (Lipinski definition) is 11. The standard InChI is InChI=1S/C46H64F2N6O7S.C2HF3O2/c1-46(2,3)45(39-29-35(37-30-36(47)14-15-38(37)48)32-52(39)31-34-11-6-4-7-12-34)54(23-10-19-49)44(59)33-62-28-18-41(56)51-21-25-61-27-26-60-24-20-50-40(55)13-8-5-9-22-53-42(57)16-17-43(53)58;3-2(4,5)1(6)7/h4,6-7,11-12,14-17,29-30,32,41,45,51,56H,5,8-10,13,18-28,31,33,49H2,1-3H3,(H,50,55);(H,6,7)/t41?,45-;/m0./s1. The van der Waals surface area contributed by atoms with E-state index in [2.05, 4.69) is 31.4 Å². The molecule has 0 radical (unpaired) electrons. The van der Waals surface area contributed by atoms with Gasteiger partial charge in [-0.05, 0) is 73.2 Å².